The number of benzene rings is 4. The van der Waals surface area contributed by atoms with Crippen LogP contribution >= 0.6 is 0 Å². The predicted molar refractivity (Wildman–Crippen MR) is 254 cm³/mol. The van der Waals surface area contributed by atoms with Gasteiger partial charge in [-0.3, -0.25) is 20.0 Å². The van der Waals surface area contributed by atoms with Gasteiger partial charge in [0, 0.05) is 0 Å². The monoisotopic (exact) mass is 790 g/mol. The molecule has 0 atom stereocenters. The van der Waals surface area contributed by atoms with Gasteiger partial charge in [0.05, 0.1) is 68.4 Å². The first-order valence-electron chi connectivity index (χ1n) is 21.2. The predicted octanol–water partition coefficient (Wildman–Crippen LogP) is 13.4. The first-order chi connectivity index (χ1) is 28.6. The van der Waals surface area contributed by atoms with Crippen molar-refractivity contribution in [3.05, 3.63) is 174 Å². The molecule has 0 saturated heterocycles. The molecule has 2 aromatic heterocycles. The molecule has 7 rings (SSSR count). The lowest BCUT2D eigenvalue weighted by Crippen LogP contribution is -2.07. The van der Waals surface area contributed by atoms with Gasteiger partial charge in [-0.1, -0.05) is 82.9 Å². The summed E-state index contributed by atoms with van der Waals surface area (Å²) in [6.45, 7) is 25.6. The molecule has 4 bridgehead atoms. The lowest BCUT2D eigenvalue weighted by Gasteiger charge is -2.16. The van der Waals surface area contributed by atoms with Gasteiger partial charge in [-0.05, 0) is 178 Å². The van der Waals surface area contributed by atoms with Gasteiger partial charge >= 0.3 is 0 Å². The highest BCUT2D eigenvalue weighted by Gasteiger charge is 2.16. The van der Waals surface area contributed by atoms with E-state index in [1.807, 2.05) is 0 Å². The highest BCUT2D eigenvalue weighted by Crippen LogP contribution is 2.34. The van der Waals surface area contributed by atoms with Gasteiger partial charge in [-0.2, -0.15) is 0 Å². The zero-order valence-electron chi connectivity index (χ0n) is 37.6. The highest BCUT2D eigenvalue weighted by molar-refractivity contribution is 6.04. The van der Waals surface area contributed by atoms with Crippen LogP contribution in [0.4, 0.5) is 22.7 Å². The number of rotatable bonds is 0. The van der Waals surface area contributed by atoms with E-state index < -0.39 is 0 Å². The largest absolute Gasteiger partial charge is 0.251 e. The molecule has 0 spiro atoms. The van der Waals surface area contributed by atoms with Gasteiger partial charge in [-0.25, -0.2) is 9.97 Å². The zero-order chi connectivity index (χ0) is 42.8. The minimum absolute atomic E-state index is 0.820. The fourth-order valence-electron chi connectivity index (χ4n) is 8.71. The molecular weight excluding hydrogens is 733 g/mol. The number of aliphatic imine (C=N–C) groups is 4. The third kappa shape index (κ3) is 9.34. The molecule has 6 aromatic rings. The van der Waals surface area contributed by atoms with Crippen molar-refractivity contribution in [3.8, 4) is 0 Å². The van der Waals surface area contributed by atoms with Crippen LogP contribution < -0.4 is 0 Å². The number of nitrogens with zero attached hydrogens (tertiary/aromatic N) is 6. The number of hydrogen-bond acceptors (Lipinski definition) is 6. The second kappa shape index (κ2) is 17.6. The van der Waals surface area contributed by atoms with Crippen molar-refractivity contribution in [3.63, 3.8) is 0 Å². The Balaban J connectivity index is 1.42. The summed E-state index contributed by atoms with van der Waals surface area (Å²) in [4.78, 5) is 31.5. The van der Waals surface area contributed by atoms with E-state index in [9.17, 15) is 0 Å². The molecule has 60 heavy (non-hydrogen) atoms. The fourth-order valence-corrected chi connectivity index (χ4v) is 8.71. The van der Waals surface area contributed by atoms with Crippen molar-refractivity contribution in [1.29, 1.82) is 0 Å². The van der Waals surface area contributed by atoms with E-state index in [1.165, 1.54) is 44.5 Å². The Kier molecular flexibility index (Phi) is 12.3. The maximum absolute atomic E-state index is 5.31. The highest BCUT2D eigenvalue weighted by atomic mass is 14.9. The quantitative estimate of drug-likeness (QED) is 0.154. The number of fused-ring (bicyclic) bond motifs is 8. The zero-order valence-corrected chi connectivity index (χ0v) is 37.6. The summed E-state index contributed by atoms with van der Waals surface area (Å²) in [6, 6.07) is 30.4. The van der Waals surface area contributed by atoms with Gasteiger partial charge in [-0.15, -0.1) is 0 Å². The minimum Gasteiger partial charge on any atom is -0.251 e. The average Bonchev–Trinajstić information content (AvgIpc) is 3.20. The summed E-state index contributed by atoms with van der Waals surface area (Å²) in [7, 11) is 0. The van der Waals surface area contributed by atoms with Crippen LogP contribution in [0.2, 0.25) is 0 Å². The molecule has 6 nitrogen and oxygen atoms in total. The van der Waals surface area contributed by atoms with Gasteiger partial charge in [0.25, 0.3) is 0 Å². The molecule has 3 heterocycles. The molecule has 6 heteroatoms. The van der Waals surface area contributed by atoms with Crippen molar-refractivity contribution in [2.24, 2.45) is 20.0 Å². The van der Waals surface area contributed by atoms with E-state index >= 15 is 0 Å². The Bertz CT molecular complexity index is 2410. The van der Waals surface area contributed by atoms with E-state index in [1.54, 1.807) is 0 Å². The summed E-state index contributed by atoms with van der Waals surface area (Å²) >= 11 is 0. The lowest BCUT2D eigenvalue weighted by molar-refractivity contribution is 0.949. The molecular formula is C54H58N6. The second-order valence-corrected chi connectivity index (χ2v) is 17.0. The van der Waals surface area contributed by atoms with Crippen molar-refractivity contribution in [1.82, 2.24) is 9.97 Å². The fraction of sp³-hybridized carbons (Fsp3) is 0.296. The van der Waals surface area contributed by atoms with Crippen LogP contribution in [0, 0.1) is 55.4 Å². The van der Waals surface area contributed by atoms with E-state index in [4.69, 9.17) is 29.9 Å². The standard InChI is InChI=1S/C54H58N6/c1-31-23-35(5)51-43(27-31)19-20-44-28-32(2)24-36(6)52(44)56-40(10)49-17-14-18-50(60-49)42(12)58-54-38(8)26-34(4)30-46(54)22-21-45-29-33(3)25-37(7)53(45)57-41(11)48-16-13-15-47(59-48)39(9)55-51/h13-18,23-30H,19-22H2,1-12H3. The van der Waals surface area contributed by atoms with Crippen LogP contribution in [-0.4, -0.2) is 32.8 Å². The van der Waals surface area contributed by atoms with Gasteiger partial charge in [0.15, 0.2) is 0 Å². The normalized spacial score (nSPS) is 13.8. The van der Waals surface area contributed by atoms with Crippen molar-refractivity contribution < 1.29 is 0 Å². The third-order valence-electron chi connectivity index (χ3n) is 11.5. The number of pyridine rings is 2. The molecule has 0 unspecified atom stereocenters. The smallest absolute Gasteiger partial charge is 0.0849 e. The van der Waals surface area contributed by atoms with Gasteiger partial charge in [0.2, 0.25) is 0 Å². The van der Waals surface area contributed by atoms with Crippen LogP contribution in [0.25, 0.3) is 0 Å². The van der Waals surface area contributed by atoms with Gasteiger partial charge in [0.1, 0.15) is 0 Å². The summed E-state index contributed by atoms with van der Waals surface area (Å²) in [5.74, 6) is 0. The van der Waals surface area contributed by atoms with Crippen LogP contribution in [0.1, 0.15) is 117 Å². The molecule has 0 N–H and O–H groups in total. The molecule has 0 aliphatic carbocycles. The molecule has 1 aliphatic rings. The van der Waals surface area contributed by atoms with E-state index in [2.05, 4.69) is 168 Å². The molecule has 1 aliphatic heterocycles. The van der Waals surface area contributed by atoms with Gasteiger partial charge < -0.3 is 0 Å². The Labute approximate surface area is 357 Å². The Hall–Kier alpha value is -6.14. The Morgan fingerprint density at radius 3 is 0.733 bits per heavy atom. The SMILES string of the molecule is CC1=Nc2c(C)cc(C)cc2CCc2cc(C)cc(C)c2N=C(C)c2cccc(n2)C(C)=Nc2c(C)cc(C)cc2CCc2cc(C)cc(C)c2N=C(C)c2cccc1n2. The summed E-state index contributed by atoms with van der Waals surface area (Å²) in [5.41, 5.74) is 25.3. The summed E-state index contributed by atoms with van der Waals surface area (Å²) < 4.78 is 0. The first-order valence-corrected chi connectivity index (χ1v) is 21.2. The van der Waals surface area contributed by atoms with Crippen LogP contribution in [0.15, 0.2) is 105 Å². The topological polar surface area (TPSA) is 75.2 Å². The second-order valence-electron chi connectivity index (χ2n) is 17.0. The number of hydrogen-bond donors (Lipinski definition) is 0. The lowest BCUT2D eigenvalue weighted by atomic mass is 9.95. The maximum Gasteiger partial charge on any atom is 0.0849 e. The van der Waals surface area contributed by atoms with E-state index in [0.29, 0.717) is 0 Å². The number of aromatic nitrogens is 2. The molecule has 304 valence electrons. The molecule has 0 fully saturated rings. The Morgan fingerprint density at radius 1 is 0.300 bits per heavy atom. The van der Waals surface area contributed by atoms with Crippen LogP contribution in [0.3, 0.4) is 0 Å². The molecule has 0 radical (unpaired) electrons. The minimum atomic E-state index is 0.820. The van der Waals surface area contributed by atoms with Crippen molar-refractivity contribution in [2.45, 2.75) is 109 Å². The van der Waals surface area contributed by atoms with Crippen LogP contribution in [-0.2, 0) is 25.7 Å². The van der Waals surface area contributed by atoms with Crippen molar-refractivity contribution in [2.75, 3.05) is 0 Å². The maximum atomic E-state index is 5.31. The molecule has 0 saturated carbocycles. The summed E-state index contributed by atoms with van der Waals surface area (Å²) in [5, 5.41) is 0. The number of aryl methyl sites for hydroxylation is 12. The Morgan fingerprint density at radius 2 is 0.517 bits per heavy atom. The third-order valence-corrected chi connectivity index (χ3v) is 11.5. The van der Waals surface area contributed by atoms with E-state index in [-0.39, 0.29) is 0 Å². The first kappa shape index (κ1) is 42.0. The van der Waals surface area contributed by atoms with Crippen LogP contribution in [0.5, 0.6) is 0 Å². The molecule has 0 amide bonds. The average molecular weight is 791 g/mol. The van der Waals surface area contributed by atoms with Crippen molar-refractivity contribution >= 4 is 45.6 Å². The van der Waals surface area contributed by atoms with E-state index in [0.717, 1.165) is 116 Å². The molecule has 4 aromatic carbocycles. The summed E-state index contributed by atoms with van der Waals surface area (Å²) in [6.07, 6.45) is 3.28.